The summed E-state index contributed by atoms with van der Waals surface area (Å²) in [6, 6.07) is 19.9. The Morgan fingerprint density at radius 3 is 2.35 bits per heavy atom. The Morgan fingerprint density at radius 2 is 1.70 bits per heavy atom. The first-order chi connectivity index (χ1) is 20.4. The molecule has 3 amide bonds. The molecule has 0 aliphatic carbocycles. The highest BCUT2D eigenvalue weighted by Gasteiger charge is 2.56. The topological polar surface area (TPSA) is 149 Å². The van der Waals surface area contributed by atoms with Crippen LogP contribution in [0, 0.1) is 12.8 Å². The lowest BCUT2D eigenvalue weighted by Crippen LogP contribution is -2.33. The van der Waals surface area contributed by atoms with Crippen molar-refractivity contribution in [2.24, 2.45) is 11.1 Å². The Hall–Kier alpha value is -3.56. The molecule has 3 aromatic carbocycles. The third kappa shape index (κ3) is 5.49. The van der Waals surface area contributed by atoms with Gasteiger partial charge in [-0.1, -0.05) is 68.9 Å². The lowest BCUT2D eigenvalue weighted by atomic mass is 9.83. The van der Waals surface area contributed by atoms with Crippen molar-refractivity contribution in [3.63, 3.8) is 0 Å². The van der Waals surface area contributed by atoms with Gasteiger partial charge in [-0.15, -0.1) is 0 Å². The highest BCUT2D eigenvalue weighted by Crippen LogP contribution is 2.54. The number of fused-ring (bicyclic) bond motifs is 2. The average molecular weight is 700 g/mol. The Morgan fingerprint density at radius 1 is 1.00 bits per heavy atom. The predicted octanol–water partition coefficient (Wildman–Crippen LogP) is 4.06. The number of halogens is 1. The Bertz CT molecular complexity index is 1960. The van der Waals surface area contributed by atoms with E-state index >= 15 is 0 Å². The smallest absolute Gasteiger partial charge is 0.308 e. The summed E-state index contributed by atoms with van der Waals surface area (Å²) < 4.78 is 25.2. The number of nitrogens with one attached hydrogen (secondary N) is 1. The molecule has 2 unspecified atom stereocenters. The van der Waals surface area contributed by atoms with Gasteiger partial charge in [-0.05, 0) is 61.0 Å². The molecule has 43 heavy (non-hydrogen) atoms. The van der Waals surface area contributed by atoms with Gasteiger partial charge in [-0.25, -0.2) is 18.5 Å². The first-order valence-corrected chi connectivity index (χ1v) is 17.0. The van der Waals surface area contributed by atoms with Crippen LogP contribution in [0.1, 0.15) is 21.9 Å². The van der Waals surface area contributed by atoms with Crippen molar-refractivity contribution in [3.05, 3.63) is 103 Å². The Labute approximate surface area is 263 Å². The molecular weight excluding hydrogens is 676 g/mol. The van der Waals surface area contributed by atoms with Crippen LogP contribution in [0.5, 0.6) is 0 Å². The molecule has 6 rings (SSSR count). The molecule has 0 spiro atoms. The SMILES string of the molecule is Cc1ccc(N2C(=O)C3Sc4c(sc(=O)n4CC(=O)Nc4ccc(S(N)(=O)=O)cc4)[C@H](c4cccc(Br)c4)C3C2=O)cc1. The first kappa shape index (κ1) is 29.5. The van der Waals surface area contributed by atoms with Crippen LogP contribution in [0.15, 0.2) is 92.0 Å². The van der Waals surface area contributed by atoms with Gasteiger partial charge in [-0.2, -0.15) is 0 Å². The number of benzene rings is 3. The number of carbonyl (C=O) groups excluding carboxylic acids is 3. The van der Waals surface area contributed by atoms with Gasteiger partial charge in [0, 0.05) is 21.0 Å². The van der Waals surface area contributed by atoms with E-state index in [9.17, 15) is 27.6 Å². The number of imide groups is 1. The third-order valence-corrected chi connectivity index (χ3v) is 11.3. The fraction of sp³-hybridized carbons (Fsp3) is 0.172. The number of primary sulfonamides is 1. The lowest BCUT2D eigenvalue weighted by Gasteiger charge is -2.30. The number of carbonyl (C=O) groups is 3. The Balaban J connectivity index is 1.37. The third-order valence-electron chi connectivity index (χ3n) is 7.32. The molecule has 3 N–H and O–H groups in total. The molecule has 0 radical (unpaired) electrons. The number of anilines is 2. The van der Waals surface area contributed by atoms with Crippen molar-refractivity contribution in [3.8, 4) is 0 Å². The number of hydrogen-bond acceptors (Lipinski definition) is 8. The van der Waals surface area contributed by atoms with E-state index in [1.165, 1.54) is 33.7 Å². The van der Waals surface area contributed by atoms with E-state index in [1.807, 2.05) is 43.3 Å². The van der Waals surface area contributed by atoms with Gasteiger partial charge in [-0.3, -0.25) is 23.7 Å². The monoisotopic (exact) mass is 698 g/mol. The van der Waals surface area contributed by atoms with Gasteiger partial charge < -0.3 is 5.32 Å². The number of hydrogen-bond donors (Lipinski definition) is 2. The zero-order chi connectivity index (χ0) is 30.6. The van der Waals surface area contributed by atoms with Gasteiger partial charge in [0.15, 0.2) is 0 Å². The lowest BCUT2D eigenvalue weighted by molar-refractivity contribution is -0.122. The van der Waals surface area contributed by atoms with E-state index in [0.29, 0.717) is 21.3 Å². The molecule has 2 aliphatic heterocycles. The van der Waals surface area contributed by atoms with Crippen LogP contribution < -0.4 is 20.2 Å². The van der Waals surface area contributed by atoms with E-state index in [2.05, 4.69) is 21.2 Å². The summed E-state index contributed by atoms with van der Waals surface area (Å²) in [5.74, 6) is -2.58. The number of thiazole rings is 1. The van der Waals surface area contributed by atoms with Crippen LogP contribution >= 0.6 is 39.0 Å². The summed E-state index contributed by atoms with van der Waals surface area (Å²) in [6.07, 6.45) is 0. The fourth-order valence-electron chi connectivity index (χ4n) is 5.33. The summed E-state index contributed by atoms with van der Waals surface area (Å²) in [4.78, 5) is 55.5. The number of nitrogens with zero attached hydrogens (tertiary/aromatic N) is 2. The van der Waals surface area contributed by atoms with Crippen molar-refractivity contribution in [1.82, 2.24) is 4.57 Å². The molecule has 2 aliphatic rings. The molecule has 0 saturated carbocycles. The molecule has 14 heteroatoms. The molecule has 1 saturated heterocycles. The van der Waals surface area contributed by atoms with Crippen LogP contribution in [0.4, 0.5) is 11.4 Å². The normalized spacial score (nSPS) is 19.7. The molecule has 0 bridgehead atoms. The van der Waals surface area contributed by atoms with Crippen LogP contribution in [0.25, 0.3) is 0 Å². The van der Waals surface area contributed by atoms with Crippen LogP contribution in [-0.4, -0.2) is 36.0 Å². The minimum atomic E-state index is -3.89. The second-order valence-electron chi connectivity index (χ2n) is 10.2. The Kier molecular flexibility index (Phi) is 7.67. The van der Waals surface area contributed by atoms with Gasteiger partial charge in [0.1, 0.15) is 11.8 Å². The minimum Gasteiger partial charge on any atom is -0.325 e. The molecule has 3 heterocycles. The first-order valence-electron chi connectivity index (χ1n) is 12.9. The van der Waals surface area contributed by atoms with E-state index in [0.717, 1.165) is 38.7 Å². The van der Waals surface area contributed by atoms with Gasteiger partial charge in [0.2, 0.25) is 27.7 Å². The molecule has 10 nitrogen and oxygen atoms in total. The molecule has 3 atom stereocenters. The standard InChI is InChI=1S/C29H23BrN4O6S3/c1-15-5-9-19(10-6-15)34-26(36)23-22(16-3-2-4-17(30)13-16)25-28(41-24(23)27(34)37)33(29(38)42-25)14-21(35)32-18-7-11-20(12-8-18)43(31,39)40/h2-13,22-24H,14H2,1H3,(H,32,35)(H2,31,39,40)/t22-,23?,24?/m1/s1. The van der Waals surface area contributed by atoms with Crippen LogP contribution in [0.2, 0.25) is 0 Å². The van der Waals surface area contributed by atoms with E-state index in [-0.39, 0.29) is 23.3 Å². The number of thioether (sulfide) groups is 1. The highest BCUT2D eigenvalue weighted by molar-refractivity contribution is 9.10. The van der Waals surface area contributed by atoms with Gasteiger partial charge in [0.25, 0.3) is 0 Å². The highest BCUT2D eigenvalue weighted by atomic mass is 79.9. The van der Waals surface area contributed by atoms with Crippen LogP contribution in [-0.2, 0) is 31.0 Å². The molecule has 4 aromatic rings. The number of rotatable bonds is 6. The largest absolute Gasteiger partial charge is 0.325 e. The number of amides is 3. The van der Waals surface area contributed by atoms with Crippen molar-refractivity contribution in [1.29, 1.82) is 0 Å². The maximum absolute atomic E-state index is 14.0. The van der Waals surface area contributed by atoms with E-state index in [1.54, 1.807) is 12.1 Å². The van der Waals surface area contributed by atoms with Gasteiger partial charge >= 0.3 is 4.87 Å². The zero-order valence-corrected chi connectivity index (χ0v) is 26.4. The molecule has 1 aromatic heterocycles. The molecule has 1 fully saturated rings. The maximum atomic E-state index is 14.0. The average Bonchev–Trinajstić information content (AvgIpc) is 3.39. The summed E-state index contributed by atoms with van der Waals surface area (Å²) in [5.41, 5.74) is 2.56. The molecule has 220 valence electrons. The number of aromatic nitrogens is 1. The van der Waals surface area contributed by atoms with E-state index in [4.69, 9.17) is 5.14 Å². The predicted molar refractivity (Wildman–Crippen MR) is 168 cm³/mol. The summed E-state index contributed by atoms with van der Waals surface area (Å²) >= 11 is 5.59. The van der Waals surface area contributed by atoms with Crippen molar-refractivity contribution in [2.45, 2.75) is 34.6 Å². The second-order valence-corrected chi connectivity index (χ2v) is 14.8. The van der Waals surface area contributed by atoms with Gasteiger partial charge in [0.05, 0.1) is 21.5 Å². The van der Waals surface area contributed by atoms with Crippen molar-refractivity contribution < 1.29 is 22.8 Å². The van der Waals surface area contributed by atoms with Crippen molar-refractivity contribution >= 4 is 78.1 Å². The number of aryl methyl sites for hydroxylation is 1. The fourth-order valence-corrected chi connectivity index (χ4v) is 9.04. The van der Waals surface area contributed by atoms with E-state index < -0.39 is 37.9 Å². The summed E-state index contributed by atoms with van der Waals surface area (Å²) in [5, 5.41) is 7.46. The van der Waals surface area contributed by atoms with Crippen molar-refractivity contribution in [2.75, 3.05) is 10.2 Å². The quantitative estimate of drug-likeness (QED) is 0.289. The summed E-state index contributed by atoms with van der Waals surface area (Å²) in [7, 11) is -3.89. The zero-order valence-electron chi connectivity index (χ0n) is 22.4. The maximum Gasteiger partial charge on any atom is 0.308 e. The molecular formula is C29H23BrN4O6S3. The summed E-state index contributed by atoms with van der Waals surface area (Å²) in [6.45, 7) is 1.57. The minimum absolute atomic E-state index is 0.103. The number of sulfonamides is 1. The van der Waals surface area contributed by atoms with Crippen LogP contribution in [0.3, 0.4) is 0 Å². The second kappa shape index (κ2) is 11.2. The number of nitrogens with two attached hydrogens (primary N) is 1.